The van der Waals surface area contributed by atoms with Crippen LogP contribution >= 0.6 is 0 Å². The first-order valence-electron chi connectivity index (χ1n) is 8.38. The molecule has 2 saturated carbocycles. The zero-order valence-corrected chi connectivity index (χ0v) is 12.4. The molecule has 0 amide bonds. The average Bonchev–Trinajstić information content (AvgIpc) is 2.96. The molecule has 0 spiro atoms. The number of nitrogens with two attached hydrogens (primary N) is 1. The van der Waals surface area contributed by atoms with Crippen LogP contribution in [-0.4, -0.2) is 18.6 Å². The molecule has 1 aromatic carbocycles. The predicted molar refractivity (Wildman–Crippen MR) is 84.8 cm³/mol. The summed E-state index contributed by atoms with van der Waals surface area (Å²) in [5.41, 5.74) is 7.42. The van der Waals surface area contributed by atoms with E-state index in [-0.39, 0.29) is 0 Å². The van der Waals surface area contributed by atoms with Gasteiger partial charge in [0.2, 0.25) is 0 Å². The van der Waals surface area contributed by atoms with Crippen molar-refractivity contribution in [2.24, 2.45) is 11.7 Å². The van der Waals surface area contributed by atoms with Crippen LogP contribution in [0.5, 0.6) is 0 Å². The fourth-order valence-electron chi connectivity index (χ4n) is 4.16. The first-order valence-corrected chi connectivity index (χ1v) is 8.38. The number of benzene rings is 1. The fourth-order valence-corrected chi connectivity index (χ4v) is 4.16. The zero-order valence-electron chi connectivity index (χ0n) is 12.4. The molecular weight excluding hydrogens is 244 g/mol. The quantitative estimate of drug-likeness (QED) is 0.881. The number of hydrogen-bond donors (Lipinski definition) is 2. The first-order chi connectivity index (χ1) is 9.86. The third kappa shape index (κ3) is 3.24. The summed E-state index contributed by atoms with van der Waals surface area (Å²) in [4.78, 5) is 0. The lowest BCUT2D eigenvalue weighted by atomic mass is 9.81. The second-order valence-corrected chi connectivity index (χ2v) is 6.66. The maximum Gasteiger partial charge on any atom is 0.0110 e. The van der Waals surface area contributed by atoms with E-state index in [1.807, 2.05) is 0 Å². The second kappa shape index (κ2) is 6.73. The smallest absolute Gasteiger partial charge is 0.0110 e. The van der Waals surface area contributed by atoms with Crippen molar-refractivity contribution in [1.82, 2.24) is 5.32 Å². The van der Waals surface area contributed by atoms with Crippen molar-refractivity contribution < 1.29 is 0 Å². The van der Waals surface area contributed by atoms with E-state index in [1.165, 1.54) is 50.5 Å². The van der Waals surface area contributed by atoms with E-state index < -0.39 is 0 Å². The van der Waals surface area contributed by atoms with Gasteiger partial charge in [0.25, 0.3) is 0 Å². The maximum absolute atomic E-state index is 5.89. The minimum Gasteiger partial charge on any atom is -0.330 e. The van der Waals surface area contributed by atoms with Crippen molar-refractivity contribution in [2.75, 3.05) is 6.54 Å². The number of nitrogens with one attached hydrogen (secondary N) is 1. The minimum absolute atomic E-state index is 0.693. The highest BCUT2D eigenvalue weighted by molar-refractivity contribution is 5.20. The van der Waals surface area contributed by atoms with Gasteiger partial charge < -0.3 is 11.1 Å². The molecule has 0 bridgehead atoms. The van der Waals surface area contributed by atoms with E-state index in [4.69, 9.17) is 5.73 Å². The molecule has 3 rings (SSSR count). The van der Waals surface area contributed by atoms with Crippen LogP contribution in [0.3, 0.4) is 0 Å². The zero-order chi connectivity index (χ0) is 13.8. The fraction of sp³-hybridized carbons (Fsp3) is 0.667. The van der Waals surface area contributed by atoms with Gasteiger partial charge in [-0.25, -0.2) is 0 Å². The summed E-state index contributed by atoms with van der Waals surface area (Å²) in [7, 11) is 0. The molecule has 2 unspecified atom stereocenters. The Morgan fingerprint density at radius 1 is 0.950 bits per heavy atom. The second-order valence-electron chi connectivity index (χ2n) is 6.66. The normalized spacial score (nSPS) is 34.2. The van der Waals surface area contributed by atoms with Gasteiger partial charge in [0.05, 0.1) is 0 Å². The molecule has 0 radical (unpaired) electrons. The van der Waals surface area contributed by atoms with Gasteiger partial charge in [0, 0.05) is 12.1 Å². The van der Waals surface area contributed by atoms with Crippen LogP contribution in [0.2, 0.25) is 0 Å². The lowest BCUT2D eigenvalue weighted by Gasteiger charge is -2.33. The molecule has 1 aromatic rings. The van der Waals surface area contributed by atoms with Crippen LogP contribution < -0.4 is 11.1 Å². The topological polar surface area (TPSA) is 38.0 Å². The molecule has 0 saturated heterocycles. The highest BCUT2D eigenvalue weighted by Crippen LogP contribution is 2.34. The van der Waals surface area contributed by atoms with Crippen LogP contribution in [-0.2, 0) is 0 Å². The molecule has 2 aliphatic carbocycles. The molecule has 0 heterocycles. The van der Waals surface area contributed by atoms with Crippen LogP contribution in [0.1, 0.15) is 56.4 Å². The van der Waals surface area contributed by atoms with Gasteiger partial charge in [0.15, 0.2) is 0 Å². The summed E-state index contributed by atoms with van der Waals surface area (Å²) in [5, 5.41) is 3.91. The molecule has 2 aliphatic rings. The van der Waals surface area contributed by atoms with E-state index >= 15 is 0 Å². The van der Waals surface area contributed by atoms with Gasteiger partial charge in [-0.2, -0.15) is 0 Å². The third-order valence-electron chi connectivity index (χ3n) is 5.41. The molecular formula is C18H28N2. The largest absolute Gasteiger partial charge is 0.330 e. The van der Waals surface area contributed by atoms with Crippen molar-refractivity contribution >= 4 is 0 Å². The van der Waals surface area contributed by atoms with E-state index in [2.05, 4.69) is 35.6 Å². The van der Waals surface area contributed by atoms with Crippen LogP contribution in [0.25, 0.3) is 0 Å². The third-order valence-corrected chi connectivity index (χ3v) is 5.41. The molecule has 2 nitrogen and oxygen atoms in total. The highest BCUT2D eigenvalue weighted by Gasteiger charge is 2.29. The Balaban J connectivity index is 1.49. The predicted octanol–water partition coefficient (Wildman–Crippen LogP) is 3.43. The van der Waals surface area contributed by atoms with Crippen molar-refractivity contribution in [3.8, 4) is 0 Å². The summed E-state index contributed by atoms with van der Waals surface area (Å²) in [6.07, 6.45) is 9.34. The Morgan fingerprint density at radius 3 is 2.40 bits per heavy atom. The summed E-state index contributed by atoms with van der Waals surface area (Å²) < 4.78 is 0. The molecule has 2 fully saturated rings. The number of hydrogen-bond acceptors (Lipinski definition) is 2. The molecule has 0 aliphatic heterocycles. The van der Waals surface area contributed by atoms with Crippen LogP contribution in [0.4, 0.5) is 0 Å². The molecule has 3 N–H and O–H groups in total. The Bertz CT molecular complexity index is 395. The van der Waals surface area contributed by atoms with Crippen LogP contribution in [0.15, 0.2) is 30.3 Å². The Hall–Kier alpha value is -0.860. The molecule has 110 valence electrons. The molecule has 20 heavy (non-hydrogen) atoms. The average molecular weight is 272 g/mol. The van der Waals surface area contributed by atoms with Gasteiger partial charge in [-0.3, -0.25) is 0 Å². The molecule has 0 aromatic heterocycles. The van der Waals surface area contributed by atoms with Gasteiger partial charge in [-0.1, -0.05) is 36.8 Å². The van der Waals surface area contributed by atoms with E-state index in [0.29, 0.717) is 6.04 Å². The standard InChI is InChI=1S/C18H28N2/c19-13-16-7-4-8-18(16)20-17-11-9-15(10-12-17)14-5-2-1-3-6-14/h1-3,5-6,15-18,20H,4,7-13,19H2. The van der Waals surface area contributed by atoms with Crippen molar-refractivity contribution in [3.63, 3.8) is 0 Å². The SMILES string of the molecule is NCC1CCCC1NC1CCC(c2ccccc2)CC1. The highest BCUT2D eigenvalue weighted by atomic mass is 15.0. The van der Waals surface area contributed by atoms with Crippen molar-refractivity contribution in [1.29, 1.82) is 0 Å². The first kappa shape index (κ1) is 14.1. The van der Waals surface area contributed by atoms with E-state index in [0.717, 1.165) is 24.4 Å². The summed E-state index contributed by atoms with van der Waals surface area (Å²) in [5.74, 6) is 1.50. The van der Waals surface area contributed by atoms with E-state index in [9.17, 15) is 0 Å². The monoisotopic (exact) mass is 272 g/mol. The minimum atomic E-state index is 0.693. The number of rotatable bonds is 4. The maximum atomic E-state index is 5.89. The summed E-state index contributed by atoms with van der Waals surface area (Å²) >= 11 is 0. The lowest BCUT2D eigenvalue weighted by Crippen LogP contribution is -2.43. The van der Waals surface area contributed by atoms with Crippen molar-refractivity contribution in [3.05, 3.63) is 35.9 Å². The van der Waals surface area contributed by atoms with E-state index in [1.54, 1.807) is 0 Å². The Labute approximate surface area is 123 Å². The molecule has 2 heteroatoms. The lowest BCUT2D eigenvalue weighted by molar-refractivity contribution is 0.287. The Morgan fingerprint density at radius 2 is 1.70 bits per heavy atom. The summed E-state index contributed by atoms with van der Waals surface area (Å²) in [6.45, 7) is 0.858. The van der Waals surface area contributed by atoms with Crippen LogP contribution in [0, 0.1) is 5.92 Å². The van der Waals surface area contributed by atoms with Gasteiger partial charge >= 0.3 is 0 Å². The Kier molecular flexibility index (Phi) is 4.74. The van der Waals surface area contributed by atoms with Gasteiger partial charge in [0.1, 0.15) is 0 Å². The molecule has 2 atom stereocenters. The van der Waals surface area contributed by atoms with Crippen molar-refractivity contribution in [2.45, 2.75) is 62.9 Å². The van der Waals surface area contributed by atoms with Gasteiger partial charge in [-0.05, 0) is 62.5 Å². The summed E-state index contributed by atoms with van der Waals surface area (Å²) in [6, 6.07) is 12.5. The van der Waals surface area contributed by atoms with Gasteiger partial charge in [-0.15, -0.1) is 0 Å².